The van der Waals surface area contributed by atoms with Gasteiger partial charge in [-0.15, -0.1) is 0 Å². The second kappa shape index (κ2) is 5.73. The summed E-state index contributed by atoms with van der Waals surface area (Å²) >= 11 is 0. The minimum atomic E-state index is -0.530. The molecule has 0 aliphatic heterocycles. The molecule has 15 heavy (non-hydrogen) atoms. The smallest absolute Gasteiger partial charge is 0.358 e. The minimum Gasteiger partial charge on any atom is -0.464 e. The molecule has 0 radical (unpaired) electrons. The number of rotatable bonds is 2. The number of carbonyl (C=O) groups is 1. The Labute approximate surface area is 87.1 Å². The van der Waals surface area contributed by atoms with Crippen molar-refractivity contribution in [1.29, 1.82) is 0 Å². The van der Waals surface area contributed by atoms with E-state index in [1.54, 1.807) is 0 Å². The van der Waals surface area contributed by atoms with Crippen LogP contribution < -0.4 is 0 Å². The van der Waals surface area contributed by atoms with E-state index in [0.29, 0.717) is 12.1 Å². The molecule has 1 aromatic heterocycles. The predicted octanol–water partition coefficient (Wildman–Crippen LogP) is -0.00290. The molecule has 0 aliphatic carbocycles. The van der Waals surface area contributed by atoms with Crippen molar-refractivity contribution >= 4 is 5.97 Å². The number of aliphatic hydroxyl groups excluding tert-OH is 1. The Morgan fingerprint density at radius 2 is 2.33 bits per heavy atom. The number of aromatic nitrogens is 2. The van der Waals surface area contributed by atoms with E-state index in [-0.39, 0.29) is 12.3 Å². The highest BCUT2D eigenvalue weighted by molar-refractivity contribution is 5.86. The van der Waals surface area contributed by atoms with Gasteiger partial charge in [-0.1, -0.05) is 5.92 Å². The van der Waals surface area contributed by atoms with Crippen LogP contribution in [0.25, 0.3) is 0 Å². The van der Waals surface area contributed by atoms with Crippen LogP contribution in [-0.4, -0.2) is 34.8 Å². The largest absolute Gasteiger partial charge is 0.464 e. The summed E-state index contributed by atoms with van der Waals surface area (Å²) in [7, 11) is 1.28. The fourth-order valence-electron chi connectivity index (χ4n) is 0.812. The lowest BCUT2D eigenvalue weighted by atomic mass is 10.3. The van der Waals surface area contributed by atoms with Gasteiger partial charge < -0.3 is 9.84 Å². The Hall–Kier alpha value is -1.93. The number of methoxy groups -OCH3 is 1. The first kappa shape index (κ1) is 11.1. The van der Waals surface area contributed by atoms with Crippen molar-refractivity contribution in [3.05, 3.63) is 23.8 Å². The molecule has 5 nitrogen and oxygen atoms in total. The second-order valence-electron chi connectivity index (χ2n) is 2.55. The van der Waals surface area contributed by atoms with E-state index >= 15 is 0 Å². The molecule has 5 heteroatoms. The average molecular weight is 206 g/mol. The molecule has 0 aliphatic rings. The molecule has 0 amide bonds. The van der Waals surface area contributed by atoms with Gasteiger partial charge in [0.15, 0.2) is 5.69 Å². The molecule has 0 spiro atoms. The lowest BCUT2D eigenvalue weighted by Gasteiger charge is -1.96. The molecule has 78 valence electrons. The van der Waals surface area contributed by atoms with Crippen LogP contribution in [0.2, 0.25) is 0 Å². The first-order chi connectivity index (χ1) is 7.27. The zero-order chi connectivity index (χ0) is 11.1. The van der Waals surface area contributed by atoms with Crippen molar-refractivity contribution in [2.24, 2.45) is 0 Å². The summed E-state index contributed by atoms with van der Waals surface area (Å²) in [4.78, 5) is 18.7. The van der Waals surface area contributed by atoms with E-state index in [4.69, 9.17) is 5.11 Å². The third kappa shape index (κ3) is 3.37. The van der Waals surface area contributed by atoms with Gasteiger partial charge in [-0.2, -0.15) is 0 Å². The predicted molar refractivity (Wildman–Crippen MR) is 52.0 cm³/mol. The number of hydrogen-bond acceptors (Lipinski definition) is 5. The topological polar surface area (TPSA) is 72.3 Å². The number of carbonyl (C=O) groups excluding carboxylic acids is 1. The van der Waals surface area contributed by atoms with Crippen LogP contribution in [-0.2, 0) is 4.74 Å². The van der Waals surface area contributed by atoms with E-state index in [1.165, 1.54) is 19.5 Å². The number of aliphatic hydroxyl groups is 1. The van der Waals surface area contributed by atoms with Crippen LogP contribution in [0.4, 0.5) is 0 Å². The third-order valence-electron chi connectivity index (χ3n) is 1.50. The minimum absolute atomic E-state index is 0.0146. The lowest BCUT2D eigenvalue weighted by Crippen LogP contribution is -2.04. The van der Waals surface area contributed by atoms with Gasteiger partial charge >= 0.3 is 5.97 Å². The first-order valence-electron chi connectivity index (χ1n) is 4.28. The molecule has 0 bridgehead atoms. The Morgan fingerprint density at radius 3 is 2.87 bits per heavy atom. The zero-order valence-corrected chi connectivity index (χ0v) is 8.23. The van der Waals surface area contributed by atoms with E-state index in [1.807, 2.05) is 0 Å². The standard InChI is InChI=1S/C10H10N2O3/c1-15-10(14)9-7-11-8(6-12-9)4-2-3-5-13/h6-7,13H,3,5H2,1H3. The summed E-state index contributed by atoms with van der Waals surface area (Å²) in [5.74, 6) is 4.86. The van der Waals surface area contributed by atoms with E-state index in [0.717, 1.165) is 0 Å². The summed E-state index contributed by atoms with van der Waals surface area (Å²) in [5.41, 5.74) is 0.598. The summed E-state index contributed by atoms with van der Waals surface area (Å²) in [6.07, 6.45) is 3.08. The van der Waals surface area contributed by atoms with Crippen LogP contribution in [0.15, 0.2) is 12.4 Å². The molecule has 1 N–H and O–H groups in total. The van der Waals surface area contributed by atoms with Crippen LogP contribution in [0.3, 0.4) is 0 Å². The van der Waals surface area contributed by atoms with Gasteiger partial charge in [0.2, 0.25) is 0 Å². The maximum atomic E-state index is 11.0. The van der Waals surface area contributed by atoms with E-state index in [2.05, 4.69) is 26.5 Å². The van der Waals surface area contributed by atoms with Crippen molar-refractivity contribution in [3.63, 3.8) is 0 Å². The molecule has 1 aromatic rings. The molecule has 0 aromatic carbocycles. The van der Waals surface area contributed by atoms with Gasteiger partial charge in [0, 0.05) is 6.42 Å². The number of nitrogens with zero attached hydrogens (tertiary/aromatic N) is 2. The van der Waals surface area contributed by atoms with E-state index in [9.17, 15) is 4.79 Å². The highest BCUT2D eigenvalue weighted by Crippen LogP contribution is 1.96. The van der Waals surface area contributed by atoms with Gasteiger partial charge in [0.25, 0.3) is 0 Å². The molecular formula is C10H10N2O3. The molecule has 1 heterocycles. The van der Waals surface area contributed by atoms with Gasteiger partial charge in [-0.05, 0) is 5.92 Å². The van der Waals surface area contributed by atoms with Gasteiger partial charge in [0.05, 0.1) is 26.1 Å². The Kier molecular flexibility index (Phi) is 4.26. The van der Waals surface area contributed by atoms with Gasteiger partial charge in [-0.25, -0.2) is 14.8 Å². The fourth-order valence-corrected chi connectivity index (χ4v) is 0.812. The Balaban J connectivity index is 2.73. The fraction of sp³-hybridized carbons (Fsp3) is 0.300. The van der Waals surface area contributed by atoms with Crippen LogP contribution >= 0.6 is 0 Å². The maximum Gasteiger partial charge on any atom is 0.358 e. The summed E-state index contributed by atoms with van der Waals surface area (Å²) in [5, 5.41) is 8.49. The molecule has 0 unspecified atom stereocenters. The second-order valence-corrected chi connectivity index (χ2v) is 2.55. The highest BCUT2D eigenvalue weighted by atomic mass is 16.5. The van der Waals surface area contributed by atoms with Crippen molar-refractivity contribution < 1.29 is 14.6 Å². The number of hydrogen-bond donors (Lipinski definition) is 1. The zero-order valence-electron chi connectivity index (χ0n) is 8.23. The summed E-state index contributed by atoms with van der Waals surface area (Å²) in [6, 6.07) is 0. The lowest BCUT2D eigenvalue weighted by molar-refractivity contribution is 0.0593. The monoisotopic (exact) mass is 206 g/mol. The Morgan fingerprint density at radius 1 is 1.53 bits per heavy atom. The van der Waals surface area contributed by atoms with Crippen molar-refractivity contribution in [2.45, 2.75) is 6.42 Å². The molecule has 0 saturated carbocycles. The van der Waals surface area contributed by atoms with Gasteiger partial charge in [0.1, 0.15) is 5.69 Å². The third-order valence-corrected chi connectivity index (χ3v) is 1.50. The molecular weight excluding hydrogens is 196 g/mol. The normalized spacial score (nSPS) is 8.93. The van der Waals surface area contributed by atoms with Crippen molar-refractivity contribution in [1.82, 2.24) is 9.97 Å². The average Bonchev–Trinajstić information content (AvgIpc) is 2.29. The van der Waals surface area contributed by atoms with Crippen molar-refractivity contribution in [2.75, 3.05) is 13.7 Å². The van der Waals surface area contributed by atoms with E-state index < -0.39 is 5.97 Å². The Bertz CT molecular complexity index is 389. The molecule has 0 atom stereocenters. The molecule has 0 fully saturated rings. The number of ether oxygens (including phenoxy) is 1. The van der Waals surface area contributed by atoms with Gasteiger partial charge in [-0.3, -0.25) is 0 Å². The van der Waals surface area contributed by atoms with Crippen LogP contribution in [0, 0.1) is 11.8 Å². The van der Waals surface area contributed by atoms with Crippen molar-refractivity contribution in [3.8, 4) is 11.8 Å². The quantitative estimate of drug-likeness (QED) is 0.544. The molecule has 0 saturated heterocycles. The summed E-state index contributed by atoms with van der Waals surface area (Å²) in [6.45, 7) is 0.0146. The summed E-state index contributed by atoms with van der Waals surface area (Å²) < 4.78 is 4.46. The van der Waals surface area contributed by atoms with Crippen LogP contribution in [0.5, 0.6) is 0 Å². The maximum absolute atomic E-state index is 11.0. The SMILES string of the molecule is COC(=O)c1cnc(C#CCCO)cn1. The van der Waals surface area contributed by atoms with Crippen LogP contribution in [0.1, 0.15) is 22.6 Å². The molecule has 1 rings (SSSR count). The highest BCUT2D eigenvalue weighted by Gasteiger charge is 2.05. The number of esters is 1. The first-order valence-corrected chi connectivity index (χ1v) is 4.28.